The summed E-state index contributed by atoms with van der Waals surface area (Å²) in [6, 6.07) is 0. The minimum absolute atomic E-state index is 0.936. The summed E-state index contributed by atoms with van der Waals surface area (Å²) in [5.74, 6) is -2.73. The molecule has 3 rings (SSSR count). The van der Waals surface area contributed by atoms with Gasteiger partial charge in [0.2, 0.25) is 0 Å². The second-order valence-corrected chi connectivity index (χ2v) is 10.1. The Morgan fingerprint density at radius 1 is 0.451 bits per heavy atom. The maximum Gasteiger partial charge on any atom is 0.329 e. The van der Waals surface area contributed by atoms with Crippen molar-refractivity contribution in [3.63, 3.8) is 0 Å². The van der Waals surface area contributed by atoms with Crippen LogP contribution in [-0.4, -0.2) is 85.1 Å². The predicted molar refractivity (Wildman–Crippen MR) is 166 cm³/mol. The van der Waals surface area contributed by atoms with E-state index in [0.717, 1.165) is 27.7 Å². The molecule has 0 aliphatic heterocycles. The molecule has 0 amide bonds. The molecule has 0 fully saturated rings. The minimum atomic E-state index is -1.83. The van der Waals surface area contributed by atoms with Gasteiger partial charge in [0.1, 0.15) is 24.9 Å². The van der Waals surface area contributed by atoms with Crippen LogP contribution in [0.1, 0.15) is 27.7 Å². The number of nitro benzene ring substituents is 6. The van der Waals surface area contributed by atoms with Crippen molar-refractivity contribution in [2.45, 2.75) is 52.6 Å². The highest BCUT2D eigenvalue weighted by Gasteiger charge is 2.48. The van der Waals surface area contributed by atoms with Gasteiger partial charge in [0.05, 0.1) is 29.5 Å². The molecule has 4 unspecified atom stereocenters. The number of aromatic nitrogens is 2. The van der Waals surface area contributed by atoms with E-state index >= 15 is 0 Å². The number of hydrogen-bond donors (Lipinski definition) is 8. The molecule has 1 heterocycles. The van der Waals surface area contributed by atoms with E-state index in [0.29, 0.717) is 0 Å². The van der Waals surface area contributed by atoms with Crippen molar-refractivity contribution in [1.82, 2.24) is 10.2 Å². The summed E-state index contributed by atoms with van der Waals surface area (Å²) in [6.07, 6.45) is -7.34. The quantitative estimate of drug-likeness (QED) is 0.0592. The van der Waals surface area contributed by atoms with Gasteiger partial charge in [-0.05, 0) is 27.7 Å². The van der Waals surface area contributed by atoms with E-state index in [1.54, 1.807) is 0 Å². The fourth-order valence-electron chi connectivity index (χ4n) is 4.73. The van der Waals surface area contributed by atoms with Crippen LogP contribution in [0.25, 0.3) is 22.9 Å². The van der Waals surface area contributed by atoms with Gasteiger partial charge >= 0.3 is 34.1 Å². The molecular weight excluding hydrogens is 704 g/mol. The van der Waals surface area contributed by atoms with Crippen molar-refractivity contribution >= 4 is 56.9 Å². The molecule has 0 spiro atoms. The zero-order valence-electron chi connectivity index (χ0n) is 26.0. The summed E-state index contributed by atoms with van der Waals surface area (Å²) >= 11 is 0. The van der Waals surface area contributed by atoms with E-state index in [2.05, 4.69) is 10.2 Å². The first-order valence-electron chi connectivity index (χ1n) is 13.6. The first-order valence-corrected chi connectivity index (χ1v) is 13.6. The Hall–Kier alpha value is -6.98. The number of aliphatic hydroxyl groups excluding tert-OH is 4. The molecule has 2 aromatic carbocycles. The van der Waals surface area contributed by atoms with Gasteiger partial charge in [-0.3, -0.25) is 60.7 Å². The molecule has 0 saturated heterocycles. The number of anilines is 4. The van der Waals surface area contributed by atoms with Crippen molar-refractivity contribution in [2.24, 2.45) is 0 Å². The SMILES string of the molecule is CC(O)Nc1c([N+](=O)[O-])c(NC(C)O)c([N+](=O)[O-])c(-c2nnc(-c3c([N+](=O)[O-])c(NC(C)O)c([N+](=O)[O-])c(NC(C)O)c3[N+](=O)[O-])o2)c1[N+](=O)[O-]. The summed E-state index contributed by atoms with van der Waals surface area (Å²) in [5.41, 5.74) is -16.9. The van der Waals surface area contributed by atoms with Crippen LogP contribution in [0.15, 0.2) is 4.42 Å². The van der Waals surface area contributed by atoms with Crippen molar-refractivity contribution in [3.05, 3.63) is 60.7 Å². The second-order valence-electron chi connectivity index (χ2n) is 10.1. The number of nitro groups is 6. The highest BCUT2D eigenvalue weighted by molar-refractivity contribution is 6.02. The molecule has 1 aromatic heterocycles. The highest BCUT2D eigenvalue weighted by Crippen LogP contribution is 2.56. The summed E-state index contributed by atoms with van der Waals surface area (Å²) < 4.78 is 5.32. The third-order valence-electron chi connectivity index (χ3n) is 6.20. The van der Waals surface area contributed by atoms with Gasteiger partial charge < -0.3 is 46.1 Å². The van der Waals surface area contributed by atoms with Crippen LogP contribution in [0, 0.1) is 60.7 Å². The van der Waals surface area contributed by atoms with E-state index in [4.69, 9.17) is 4.42 Å². The van der Waals surface area contributed by atoms with Crippen LogP contribution in [0.5, 0.6) is 0 Å². The molecule has 29 heteroatoms. The number of rotatable bonds is 16. The monoisotopic (exact) mass is 728 g/mol. The number of benzene rings is 2. The van der Waals surface area contributed by atoms with Gasteiger partial charge in [-0.25, -0.2) is 0 Å². The lowest BCUT2D eigenvalue weighted by Gasteiger charge is -2.17. The molecule has 0 aliphatic carbocycles. The summed E-state index contributed by atoms with van der Waals surface area (Å²) in [7, 11) is 0. The molecule has 4 atom stereocenters. The fraction of sp³-hybridized carbons (Fsp3) is 0.364. The van der Waals surface area contributed by atoms with Crippen molar-refractivity contribution in [2.75, 3.05) is 21.3 Å². The average molecular weight is 729 g/mol. The largest absolute Gasteiger partial charge is 0.415 e. The maximum atomic E-state index is 12.4. The lowest BCUT2D eigenvalue weighted by molar-refractivity contribution is -0.400. The Kier molecular flexibility index (Phi) is 11.0. The van der Waals surface area contributed by atoms with Gasteiger partial charge in [-0.15, -0.1) is 10.2 Å². The van der Waals surface area contributed by atoms with E-state index in [1.165, 1.54) is 0 Å². The molecule has 51 heavy (non-hydrogen) atoms. The summed E-state index contributed by atoms with van der Waals surface area (Å²) in [5, 5.41) is 128. The van der Waals surface area contributed by atoms with E-state index in [-0.39, 0.29) is 0 Å². The second kappa shape index (κ2) is 14.6. The standard InChI is InChI=1S/C22H24N12O17/c1-5(35)23-11-15(29(39)40)9(16(30(41)42)12(24-6(2)36)19(11)33(47)48)21-27-28-22(51-21)10-17(31(43)44)13(25-7(3)37)20(34(49)50)14(26-8(4)38)18(10)32(45)46/h5-8,23-26,35-38H,1-4H3. The molecule has 29 nitrogen and oxygen atoms in total. The molecular formula is C22H24N12O17. The molecule has 0 radical (unpaired) electrons. The Balaban J connectivity index is 2.72. The van der Waals surface area contributed by atoms with Crippen molar-refractivity contribution in [3.8, 4) is 22.9 Å². The van der Waals surface area contributed by atoms with Gasteiger partial charge in [-0.2, -0.15) is 0 Å². The zero-order chi connectivity index (χ0) is 38.8. The van der Waals surface area contributed by atoms with Crippen LogP contribution in [0.2, 0.25) is 0 Å². The van der Waals surface area contributed by atoms with Crippen molar-refractivity contribution < 1.29 is 54.4 Å². The van der Waals surface area contributed by atoms with Crippen LogP contribution in [0.3, 0.4) is 0 Å². The Morgan fingerprint density at radius 3 is 0.804 bits per heavy atom. The Morgan fingerprint density at radius 2 is 0.647 bits per heavy atom. The lowest BCUT2D eigenvalue weighted by Crippen LogP contribution is -2.21. The smallest absolute Gasteiger partial charge is 0.329 e. The third kappa shape index (κ3) is 7.53. The van der Waals surface area contributed by atoms with Gasteiger partial charge in [0.25, 0.3) is 11.8 Å². The topological polar surface area (TPSA) is 427 Å². The zero-order valence-corrected chi connectivity index (χ0v) is 26.0. The van der Waals surface area contributed by atoms with E-state index in [1.807, 2.05) is 21.3 Å². The first-order chi connectivity index (χ1) is 23.6. The lowest BCUT2D eigenvalue weighted by atomic mass is 10.0. The average Bonchev–Trinajstić information content (AvgIpc) is 3.43. The number of aliphatic hydroxyl groups is 4. The summed E-state index contributed by atoms with van der Waals surface area (Å²) in [4.78, 5) is 65.6. The van der Waals surface area contributed by atoms with Crippen molar-refractivity contribution in [1.29, 1.82) is 0 Å². The molecule has 3 aromatic rings. The van der Waals surface area contributed by atoms with Crippen LogP contribution in [-0.2, 0) is 0 Å². The van der Waals surface area contributed by atoms with Gasteiger partial charge in [-0.1, -0.05) is 0 Å². The van der Waals surface area contributed by atoms with Gasteiger partial charge in [0.15, 0.2) is 33.9 Å². The molecule has 274 valence electrons. The van der Waals surface area contributed by atoms with E-state index < -0.39 is 134 Å². The summed E-state index contributed by atoms with van der Waals surface area (Å²) in [6.45, 7) is 3.74. The molecule has 0 bridgehead atoms. The van der Waals surface area contributed by atoms with Crippen LogP contribution >= 0.6 is 0 Å². The molecule has 8 N–H and O–H groups in total. The predicted octanol–water partition coefficient (Wildman–Crippen LogP) is 1.85. The molecule has 0 aliphatic rings. The number of nitrogens with one attached hydrogen (secondary N) is 4. The third-order valence-corrected chi connectivity index (χ3v) is 6.20. The Labute approximate surface area is 279 Å². The Bertz CT molecular complexity index is 1720. The first kappa shape index (κ1) is 38.5. The number of nitrogens with zero attached hydrogens (tertiary/aromatic N) is 8. The van der Waals surface area contributed by atoms with Gasteiger partial charge in [0, 0.05) is 0 Å². The minimum Gasteiger partial charge on any atom is -0.415 e. The number of hydrogen-bond acceptors (Lipinski definition) is 23. The van der Waals surface area contributed by atoms with Crippen LogP contribution in [0.4, 0.5) is 56.9 Å². The molecule has 0 saturated carbocycles. The fourth-order valence-corrected chi connectivity index (χ4v) is 4.73. The highest BCUT2D eigenvalue weighted by atomic mass is 16.7. The van der Waals surface area contributed by atoms with Crippen LogP contribution < -0.4 is 21.3 Å². The maximum absolute atomic E-state index is 12.4. The van der Waals surface area contributed by atoms with E-state index in [9.17, 15) is 81.1 Å². The normalized spacial score (nSPS) is 13.3.